The molecule has 5 rings (SSSR count). The van der Waals surface area contributed by atoms with E-state index in [1.54, 1.807) is 12.1 Å². The number of anilines is 2. The summed E-state index contributed by atoms with van der Waals surface area (Å²) in [6, 6.07) is 28.0. The second-order valence-electron chi connectivity index (χ2n) is 11.4. The van der Waals surface area contributed by atoms with Crippen LogP contribution in [-0.4, -0.2) is 83.2 Å². The Morgan fingerprint density at radius 3 is 2.21 bits per heavy atom. The van der Waals surface area contributed by atoms with Gasteiger partial charge in [0.15, 0.2) is 5.82 Å². The Balaban J connectivity index is 1.26. The molecule has 5 N–H and O–H groups in total. The number of hydrogen-bond donors (Lipinski definition) is 4. The zero-order valence-corrected chi connectivity index (χ0v) is 26.1. The lowest BCUT2D eigenvalue weighted by Crippen LogP contribution is -2.53. The molecular formula is C35H39N7O5. The minimum absolute atomic E-state index is 0.0972. The largest absolute Gasteiger partial charge is 0.465 e. The van der Waals surface area contributed by atoms with Crippen LogP contribution >= 0.6 is 0 Å². The summed E-state index contributed by atoms with van der Waals surface area (Å²) in [4.78, 5) is 40.9. The first-order valence-electron chi connectivity index (χ1n) is 15.5. The fraction of sp³-hybridized carbons (Fsp3) is 0.286. The summed E-state index contributed by atoms with van der Waals surface area (Å²) in [5.41, 5.74) is 8.77. The molecular weight excluding hydrogens is 598 g/mol. The van der Waals surface area contributed by atoms with Crippen molar-refractivity contribution in [2.45, 2.75) is 36.9 Å². The maximum Gasteiger partial charge on any atom is 0.407 e. The Kier molecular flexibility index (Phi) is 11.1. The third kappa shape index (κ3) is 8.48. The minimum atomic E-state index is -1.20. The van der Waals surface area contributed by atoms with Crippen molar-refractivity contribution < 1.29 is 24.2 Å². The summed E-state index contributed by atoms with van der Waals surface area (Å²) in [7, 11) is 1.42. The average molecular weight is 638 g/mol. The van der Waals surface area contributed by atoms with Crippen molar-refractivity contribution >= 4 is 29.5 Å². The first-order chi connectivity index (χ1) is 22.8. The molecule has 1 aromatic heterocycles. The van der Waals surface area contributed by atoms with Crippen molar-refractivity contribution in [1.82, 2.24) is 20.4 Å². The van der Waals surface area contributed by atoms with Crippen LogP contribution in [0.15, 0.2) is 103 Å². The number of carbonyl (C=O) groups is 3. The first-order valence-corrected chi connectivity index (χ1v) is 15.5. The van der Waals surface area contributed by atoms with Crippen LogP contribution in [-0.2, 0) is 16.0 Å². The summed E-state index contributed by atoms with van der Waals surface area (Å²) in [6.45, 7) is 1.22. The number of ether oxygens (including phenoxy) is 1. The van der Waals surface area contributed by atoms with E-state index in [1.807, 2.05) is 84.9 Å². The Bertz CT molecular complexity index is 1580. The SMILES string of the molecule is CN(C(=O)O)[C@H](C(=O)Nc1ccccc1CC[C@@H]1CN[C@H](CN(C(N)=O)c2cccnn2)CO1)C(c1ccccc1)c1ccccc1. The average Bonchev–Trinajstić information content (AvgIpc) is 3.10. The summed E-state index contributed by atoms with van der Waals surface area (Å²) < 4.78 is 6.14. The van der Waals surface area contributed by atoms with Gasteiger partial charge in [-0.15, -0.1) is 5.10 Å². The zero-order valence-electron chi connectivity index (χ0n) is 26.1. The number of amides is 4. The molecule has 3 atom stereocenters. The Morgan fingerprint density at radius 2 is 1.64 bits per heavy atom. The van der Waals surface area contributed by atoms with Crippen molar-refractivity contribution in [1.29, 1.82) is 0 Å². The molecule has 0 saturated carbocycles. The summed E-state index contributed by atoms with van der Waals surface area (Å²) in [6.07, 6.45) is 1.51. The van der Waals surface area contributed by atoms with E-state index in [0.717, 1.165) is 21.6 Å². The number of para-hydroxylation sites is 1. The predicted molar refractivity (Wildman–Crippen MR) is 178 cm³/mol. The van der Waals surface area contributed by atoms with Gasteiger partial charge in [0, 0.05) is 44.0 Å². The van der Waals surface area contributed by atoms with E-state index in [4.69, 9.17) is 10.5 Å². The van der Waals surface area contributed by atoms with Crippen molar-refractivity contribution in [3.63, 3.8) is 0 Å². The molecule has 2 heterocycles. The summed E-state index contributed by atoms with van der Waals surface area (Å²) in [5, 5.41) is 24.3. The molecule has 1 saturated heterocycles. The maximum atomic E-state index is 14.1. The number of primary amides is 1. The molecule has 244 valence electrons. The topological polar surface area (TPSA) is 163 Å². The number of nitrogens with one attached hydrogen (secondary N) is 2. The standard InChI is InChI=1S/C35H39N7O5/c1-41(35(45)46)32(31(25-12-4-2-5-13-25)26-14-6-3-7-15-26)33(43)39-29-16-9-8-11-24(29)18-19-28-21-37-27(23-47-28)22-42(34(36)44)30-17-10-20-38-40-30/h2-17,20,27-28,31-32,37H,18-19,21-23H2,1H3,(H2,36,44)(H,39,43)(H,45,46)/t27-,28-,32+/m1/s1. The predicted octanol–water partition coefficient (Wildman–Crippen LogP) is 4.10. The van der Waals surface area contributed by atoms with Gasteiger partial charge in [0.1, 0.15) is 6.04 Å². The number of nitrogens with two attached hydrogens (primary N) is 1. The van der Waals surface area contributed by atoms with Gasteiger partial charge in [-0.05, 0) is 47.7 Å². The number of carbonyl (C=O) groups excluding carboxylic acids is 2. The second-order valence-corrected chi connectivity index (χ2v) is 11.4. The van der Waals surface area contributed by atoms with E-state index >= 15 is 0 Å². The van der Waals surface area contributed by atoms with E-state index in [9.17, 15) is 19.5 Å². The number of carboxylic acid groups (broad SMARTS) is 1. The van der Waals surface area contributed by atoms with Gasteiger partial charge in [-0.1, -0.05) is 78.9 Å². The highest BCUT2D eigenvalue weighted by Gasteiger charge is 2.37. The molecule has 3 aromatic carbocycles. The van der Waals surface area contributed by atoms with Crippen molar-refractivity contribution in [2.75, 3.05) is 37.0 Å². The van der Waals surface area contributed by atoms with E-state index < -0.39 is 30.0 Å². The van der Waals surface area contributed by atoms with Gasteiger partial charge in [0.2, 0.25) is 5.91 Å². The van der Waals surface area contributed by atoms with Crippen LogP contribution in [0.5, 0.6) is 0 Å². The number of benzene rings is 3. The summed E-state index contributed by atoms with van der Waals surface area (Å²) in [5.74, 6) is -0.599. The lowest BCUT2D eigenvalue weighted by molar-refractivity contribution is -0.120. The highest BCUT2D eigenvalue weighted by Crippen LogP contribution is 2.32. The number of likely N-dealkylation sites (N-methyl/N-ethyl adjacent to an activating group) is 1. The van der Waals surface area contributed by atoms with Gasteiger partial charge < -0.3 is 26.2 Å². The molecule has 4 amide bonds. The monoisotopic (exact) mass is 637 g/mol. The van der Waals surface area contributed by atoms with Gasteiger partial charge in [-0.25, -0.2) is 9.59 Å². The quantitative estimate of drug-likeness (QED) is 0.180. The van der Waals surface area contributed by atoms with E-state index in [2.05, 4.69) is 20.8 Å². The van der Waals surface area contributed by atoms with Crippen LogP contribution in [0.3, 0.4) is 0 Å². The van der Waals surface area contributed by atoms with Crippen LogP contribution in [0.1, 0.15) is 29.0 Å². The number of nitrogens with zero attached hydrogens (tertiary/aromatic N) is 4. The van der Waals surface area contributed by atoms with Crippen LogP contribution in [0.2, 0.25) is 0 Å². The van der Waals surface area contributed by atoms with Gasteiger partial charge in [-0.3, -0.25) is 14.6 Å². The number of rotatable bonds is 12. The molecule has 4 aromatic rings. The maximum absolute atomic E-state index is 14.1. The van der Waals surface area contributed by atoms with Gasteiger partial charge in [0.25, 0.3) is 0 Å². The van der Waals surface area contributed by atoms with Crippen LogP contribution < -0.4 is 21.3 Å². The Hall–Kier alpha value is -5.33. The number of aromatic nitrogens is 2. The van der Waals surface area contributed by atoms with Crippen LogP contribution in [0.4, 0.5) is 21.1 Å². The van der Waals surface area contributed by atoms with Crippen LogP contribution in [0.25, 0.3) is 0 Å². The van der Waals surface area contributed by atoms with E-state index in [0.29, 0.717) is 37.5 Å². The van der Waals surface area contributed by atoms with Crippen LogP contribution in [0, 0.1) is 0 Å². The molecule has 12 nitrogen and oxygen atoms in total. The van der Waals surface area contributed by atoms with Crippen molar-refractivity contribution in [2.24, 2.45) is 5.73 Å². The number of aryl methyl sites for hydroxylation is 1. The zero-order chi connectivity index (χ0) is 33.2. The third-order valence-corrected chi connectivity index (χ3v) is 8.30. The molecule has 0 spiro atoms. The Morgan fingerprint density at radius 1 is 0.979 bits per heavy atom. The molecule has 0 radical (unpaired) electrons. The minimum Gasteiger partial charge on any atom is -0.465 e. The van der Waals surface area contributed by atoms with Crippen molar-refractivity contribution in [3.8, 4) is 0 Å². The molecule has 47 heavy (non-hydrogen) atoms. The third-order valence-electron chi connectivity index (χ3n) is 8.30. The van der Waals surface area contributed by atoms with E-state index in [1.165, 1.54) is 18.1 Å². The molecule has 1 aliphatic rings. The lowest BCUT2D eigenvalue weighted by atomic mass is 9.84. The first kappa shape index (κ1) is 33.0. The number of morpholine rings is 1. The Labute approximate surface area is 273 Å². The number of hydrogen-bond acceptors (Lipinski definition) is 7. The lowest BCUT2D eigenvalue weighted by Gasteiger charge is -2.33. The molecule has 0 unspecified atom stereocenters. The second kappa shape index (κ2) is 15.8. The van der Waals surface area contributed by atoms with Gasteiger partial charge >= 0.3 is 12.1 Å². The fourth-order valence-corrected chi connectivity index (χ4v) is 5.86. The fourth-order valence-electron chi connectivity index (χ4n) is 5.86. The van der Waals surface area contributed by atoms with E-state index in [-0.39, 0.29) is 18.7 Å². The molecule has 1 fully saturated rings. The van der Waals surface area contributed by atoms with Crippen molar-refractivity contribution in [3.05, 3.63) is 120 Å². The molecule has 0 aliphatic carbocycles. The molecule has 1 aliphatic heterocycles. The highest BCUT2D eigenvalue weighted by molar-refractivity contribution is 5.98. The molecule has 12 heteroatoms. The van der Waals surface area contributed by atoms with Gasteiger partial charge in [0.05, 0.1) is 12.7 Å². The summed E-state index contributed by atoms with van der Waals surface area (Å²) >= 11 is 0. The normalized spacial score (nSPS) is 16.6. The van der Waals surface area contributed by atoms with Gasteiger partial charge in [-0.2, -0.15) is 5.10 Å². The smallest absolute Gasteiger partial charge is 0.407 e. The highest BCUT2D eigenvalue weighted by atomic mass is 16.5. The number of urea groups is 1. The molecule has 0 bridgehead atoms.